The summed E-state index contributed by atoms with van der Waals surface area (Å²) in [4.78, 5) is 26.6. The average molecular weight is 479 g/mol. The van der Waals surface area contributed by atoms with Crippen LogP contribution in [-0.4, -0.2) is 75.9 Å². The third-order valence-corrected chi connectivity index (χ3v) is 9.29. The lowest BCUT2D eigenvalue weighted by Crippen LogP contribution is -2.61. The van der Waals surface area contributed by atoms with Gasteiger partial charge in [-0.1, -0.05) is 32.9 Å². The van der Waals surface area contributed by atoms with Crippen LogP contribution in [0, 0.1) is 28.1 Å². The molecule has 4 N–H and O–H groups in total. The summed E-state index contributed by atoms with van der Waals surface area (Å²) < 4.78 is 11.3. The van der Waals surface area contributed by atoms with E-state index in [1.165, 1.54) is 0 Å². The minimum absolute atomic E-state index is 0.00605. The molecule has 0 aromatic rings. The maximum Gasteiger partial charge on any atom is 0.186 e. The zero-order chi connectivity index (χ0) is 25.1. The van der Waals surface area contributed by atoms with Gasteiger partial charge in [0.15, 0.2) is 12.1 Å². The van der Waals surface area contributed by atoms with Crippen molar-refractivity contribution >= 4 is 11.6 Å². The zero-order valence-electron chi connectivity index (χ0n) is 20.3. The first-order valence-corrected chi connectivity index (χ1v) is 12.2. The number of ether oxygens (including phenoxy) is 2. The summed E-state index contributed by atoms with van der Waals surface area (Å²) in [7, 11) is 0. The van der Waals surface area contributed by atoms with Crippen molar-refractivity contribution in [1.29, 1.82) is 0 Å². The Balaban J connectivity index is 1.59. The number of allylic oxidation sites excluding steroid dienone is 3. The van der Waals surface area contributed by atoms with Crippen molar-refractivity contribution in [3.05, 3.63) is 24.3 Å². The molecule has 0 aromatic carbocycles. The van der Waals surface area contributed by atoms with Crippen LogP contribution in [0.5, 0.6) is 0 Å². The van der Waals surface area contributed by atoms with Gasteiger partial charge in [0.25, 0.3) is 0 Å². The van der Waals surface area contributed by atoms with Gasteiger partial charge in [0.2, 0.25) is 0 Å². The Bertz CT molecular complexity index is 882. The highest BCUT2D eigenvalue weighted by Crippen LogP contribution is 2.62. The first-order chi connectivity index (χ1) is 15.9. The molecule has 1 saturated heterocycles. The molecule has 190 valence electrons. The van der Waals surface area contributed by atoms with Gasteiger partial charge in [0, 0.05) is 18.3 Å². The van der Waals surface area contributed by atoms with E-state index in [1.807, 2.05) is 13.0 Å². The summed E-state index contributed by atoms with van der Waals surface area (Å²) in [5, 5.41) is 39.9. The lowest BCUT2D eigenvalue weighted by atomic mass is 9.45. The Kier molecular flexibility index (Phi) is 6.72. The molecule has 8 heteroatoms. The monoisotopic (exact) mass is 478 g/mol. The van der Waals surface area contributed by atoms with Crippen molar-refractivity contribution in [1.82, 2.24) is 0 Å². The summed E-state index contributed by atoms with van der Waals surface area (Å²) in [5.41, 5.74) is -0.584. The maximum absolute atomic E-state index is 13.3. The van der Waals surface area contributed by atoms with Crippen molar-refractivity contribution in [3.8, 4) is 0 Å². The van der Waals surface area contributed by atoms with E-state index >= 15 is 0 Å². The molecule has 0 amide bonds. The Morgan fingerprint density at radius 3 is 2.50 bits per heavy atom. The second-order valence-corrected chi connectivity index (χ2v) is 11.4. The number of Topliss-reactive ketones (excluding diaryl/α,β-unsaturated/α-hetero) is 2. The highest BCUT2D eigenvalue weighted by Gasteiger charge is 2.61. The Hall–Kier alpha value is -1.42. The molecule has 0 radical (unpaired) electrons. The summed E-state index contributed by atoms with van der Waals surface area (Å²) >= 11 is 0. The lowest BCUT2D eigenvalue weighted by molar-refractivity contribution is -0.307. The van der Waals surface area contributed by atoms with E-state index in [9.17, 15) is 30.0 Å². The number of carbonyl (C=O) groups excluding carboxylic acids is 2. The smallest absolute Gasteiger partial charge is 0.186 e. The quantitative estimate of drug-likeness (QED) is 0.435. The van der Waals surface area contributed by atoms with Gasteiger partial charge in [-0.05, 0) is 42.1 Å². The predicted molar refractivity (Wildman–Crippen MR) is 122 cm³/mol. The van der Waals surface area contributed by atoms with Gasteiger partial charge in [-0.2, -0.15) is 0 Å². The maximum atomic E-state index is 13.3. The van der Waals surface area contributed by atoms with Gasteiger partial charge in [-0.15, -0.1) is 6.58 Å². The van der Waals surface area contributed by atoms with E-state index in [2.05, 4.69) is 26.5 Å². The summed E-state index contributed by atoms with van der Waals surface area (Å²) in [6, 6.07) is 0. The number of ketones is 2. The predicted octanol–water partition coefficient (Wildman–Crippen LogP) is 1.30. The standard InChI is InChI=1S/C26H38O8/c1-5-24(2)8-6-15-14(11-24)16(28)10-18-25(15,3)9-7-19(29)26(18,4)13-33-23-22(32)21(31)20(30)17(12-27)34-23/h5,11,15,17-18,20-23,27,30-32H,1,6-10,12-13H2,2-4H3/t15?,17-,18?,20-,21-,22+,23-,24+,25-,26-/m1/s1. The van der Waals surface area contributed by atoms with E-state index in [0.717, 1.165) is 18.4 Å². The molecule has 1 heterocycles. The van der Waals surface area contributed by atoms with Crippen LogP contribution in [0.2, 0.25) is 0 Å². The minimum atomic E-state index is -1.55. The molecule has 4 rings (SSSR count). The number of rotatable bonds is 5. The van der Waals surface area contributed by atoms with Crippen molar-refractivity contribution in [2.24, 2.45) is 28.1 Å². The lowest BCUT2D eigenvalue weighted by Gasteiger charge is -2.58. The summed E-state index contributed by atoms with van der Waals surface area (Å²) in [6.07, 6.45) is 0.0689. The van der Waals surface area contributed by atoms with Gasteiger partial charge in [0.05, 0.1) is 18.6 Å². The van der Waals surface area contributed by atoms with E-state index in [0.29, 0.717) is 12.8 Å². The summed E-state index contributed by atoms with van der Waals surface area (Å²) in [6.45, 7) is 9.38. The molecule has 10 atom stereocenters. The first-order valence-electron chi connectivity index (χ1n) is 12.2. The topological polar surface area (TPSA) is 134 Å². The highest BCUT2D eigenvalue weighted by molar-refractivity contribution is 5.99. The largest absolute Gasteiger partial charge is 0.394 e. The Labute approximate surface area is 200 Å². The molecule has 0 aromatic heterocycles. The number of hydrogen-bond acceptors (Lipinski definition) is 8. The van der Waals surface area contributed by atoms with Crippen molar-refractivity contribution in [2.75, 3.05) is 13.2 Å². The molecule has 3 fully saturated rings. The number of carbonyl (C=O) groups is 2. The highest BCUT2D eigenvalue weighted by atomic mass is 16.7. The first kappa shape index (κ1) is 25.7. The van der Waals surface area contributed by atoms with Crippen molar-refractivity contribution in [2.45, 2.75) is 83.6 Å². The number of aliphatic hydroxyl groups excluding tert-OH is 4. The van der Waals surface area contributed by atoms with Gasteiger partial charge in [-0.3, -0.25) is 9.59 Å². The molecular formula is C26H38O8. The summed E-state index contributed by atoms with van der Waals surface area (Å²) in [5.74, 6) is -0.110. The SMILES string of the molecule is C=C[C@]1(C)C=C2C(=O)CC3[C@](C)(CCC(=O)[C@]3(C)CO[C@@H]3O[C@H](CO)[C@@H](O)[C@@H](O)[C@@H]3O)C2CC1. The van der Waals surface area contributed by atoms with Gasteiger partial charge < -0.3 is 29.9 Å². The third kappa shape index (κ3) is 3.92. The van der Waals surface area contributed by atoms with Crippen LogP contribution in [0.1, 0.15) is 52.9 Å². The van der Waals surface area contributed by atoms with E-state index < -0.39 is 42.7 Å². The van der Waals surface area contributed by atoms with Crippen LogP contribution in [0.25, 0.3) is 0 Å². The Morgan fingerprint density at radius 2 is 1.85 bits per heavy atom. The van der Waals surface area contributed by atoms with E-state index in [1.54, 1.807) is 0 Å². The molecule has 1 aliphatic heterocycles. The van der Waals surface area contributed by atoms with Crippen LogP contribution in [0.3, 0.4) is 0 Å². The molecule has 3 aliphatic carbocycles. The Morgan fingerprint density at radius 1 is 1.15 bits per heavy atom. The number of aliphatic hydroxyl groups is 4. The van der Waals surface area contributed by atoms with Gasteiger partial charge >= 0.3 is 0 Å². The molecule has 8 nitrogen and oxygen atoms in total. The van der Waals surface area contributed by atoms with E-state index in [-0.39, 0.29) is 47.3 Å². The zero-order valence-corrected chi connectivity index (χ0v) is 20.3. The fourth-order valence-electron chi connectivity index (χ4n) is 6.84. The van der Waals surface area contributed by atoms with Gasteiger partial charge in [-0.25, -0.2) is 0 Å². The van der Waals surface area contributed by atoms with Crippen LogP contribution in [-0.2, 0) is 19.1 Å². The second-order valence-electron chi connectivity index (χ2n) is 11.4. The fourth-order valence-corrected chi connectivity index (χ4v) is 6.84. The van der Waals surface area contributed by atoms with Crippen molar-refractivity contribution in [3.63, 3.8) is 0 Å². The fraction of sp³-hybridized carbons (Fsp3) is 0.769. The van der Waals surface area contributed by atoms with E-state index in [4.69, 9.17) is 9.47 Å². The molecule has 2 unspecified atom stereocenters. The van der Waals surface area contributed by atoms with Crippen LogP contribution in [0.15, 0.2) is 24.3 Å². The van der Waals surface area contributed by atoms with Crippen LogP contribution < -0.4 is 0 Å². The minimum Gasteiger partial charge on any atom is -0.394 e. The number of hydrogen-bond donors (Lipinski definition) is 4. The van der Waals surface area contributed by atoms with Crippen LogP contribution >= 0.6 is 0 Å². The third-order valence-electron chi connectivity index (χ3n) is 9.29. The number of fused-ring (bicyclic) bond motifs is 3. The molecule has 2 saturated carbocycles. The van der Waals surface area contributed by atoms with Crippen LogP contribution in [0.4, 0.5) is 0 Å². The van der Waals surface area contributed by atoms with Crippen molar-refractivity contribution < 1.29 is 39.5 Å². The molecule has 4 aliphatic rings. The molecular weight excluding hydrogens is 440 g/mol. The average Bonchev–Trinajstić information content (AvgIpc) is 2.82. The molecule has 34 heavy (non-hydrogen) atoms. The molecule has 0 spiro atoms. The molecule has 0 bridgehead atoms. The van der Waals surface area contributed by atoms with Gasteiger partial charge in [0.1, 0.15) is 30.2 Å². The normalized spacial score (nSPS) is 49.1. The second kappa shape index (κ2) is 8.91.